The van der Waals surface area contributed by atoms with Gasteiger partial charge in [-0.15, -0.1) is 0 Å². The van der Waals surface area contributed by atoms with Crippen LogP contribution in [0.2, 0.25) is 0 Å². The van der Waals surface area contributed by atoms with Crippen LogP contribution in [0.1, 0.15) is 51.9 Å². The minimum atomic E-state index is -0.429. The molecule has 0 aromatic carbocycles. The molecule has 0 unspecified atom stereocenters. The highest BCUT2D eigenvalue weighted by Gasteiger charge is 2.08. The number of hydrogen-bond acceptors (Lipinski definition) is 3. The average molecular weight is 212 g/mol. The van der Waals surface area contributed by atoms with E-state index in [1.807, 2.05) is 0 Å². The lowest BCUT2D eigenvalue weighted by Crippen LogP contribution is -2.24. The highest BCUT2D eigenvalue weighted by molar-refractivity contribution is 5.85. The summed E-state index contributed by atoms with van der Waals surface area (Å²) in [7, 11) is 0. The monoisotopic (exact) mass is 212 g/mol. The zero-order chi connectivity index (χ0) is 10.9. The van der Waals surface area contributed by atoms with Crippen LogP contribution in [0.15, 0.2) is 5.16 Å². The van der Waals surface area contributed by atoms with E-state index >= 15 is 0 Å². The molecule has 0 heterocycles. The van der Waals surface area contributed by atoms with Gasteiger partial charge in [-0.25, -0.2) is 4.79 Å². The number of nitrogens with one attached hydrogen (secondary N) is 1. The van der Waals surface area contributed by atoms with Gasteiger partial charge in [0.2, 0.25) is 0 Å². The van der Waals surface area contributed by atoms with E-state index in [2.05, 4.69) is 17.4 Å². The molecular formula is C11H20N2O2. The van der Waals surface area contributed by atoms with Crippen LogP contribution in [0.5, 0.6) is 0 Å². The van der Waals surface area contributed by atoms with Gasteiger partial charge in [0.1, 0.15) is 0 Å². The van der Waals surface area contributed by atoms with Gasteiger partial charge in [-0.2, -0.15) is 0 Å². The van der Waals surface area contributed by atoms with Crippen molar-refractivity contribution in [1.82, 2.24) is 5.32 Å². The van der Waals surface area contributed by atoms with E-state index in [-0.39, 0.29) is 0 Å². The van der Waals surface area contributed by atoms with Crippen molar-refractivity contribution in [2.24, 2.45) is 5.16 Å². The van der Waals surface area contributed by atoms with Crippen LogP contribution in [0.25, 0.3) is 0 Å². The molecule has 0 atom stereocenters. The van der Waals surface area contributed by atoms with Gasteiger partial charge in [0, 0.05) is 6.54 Å². The number of hydrogen-bond donors (Lipinski definition) is 1. The van der Waals surface area contributed by atoms with Crippen molar-refractivity contribution in [3.05, 3.63) is 0 Å². The van der Waals surface area contributed by atoms with Gasteiger partial charge in [0.15, 0.2) is 0 Å². The summed E-state index contributed by atoms with van der Waals surface area (Å²) in [6.45, 7) is 2.75. The first-order valence-corrected chi connectivity index (χ1v) is 5.83. The van der Waals surface area contributed by atoms with Crippen LogP contribution in [0.4, 0.5) is 4.79 Å². The topological polar surface area (TPSA) is 50.7 Å². The molecule has 0 aliphatic heterocycles. The summed E-state index contributed by atoms with van der Waals surface area (Å²) in [6.07, 6.45) is 7.16. The predicted molar refractivity (Wildman–Crippen MR) is 59.9 cm³/mol. The Morgan fingerprint density at radius 3 is 2.80 bits per heavy atom. The summed E-state index contributed by atoms with van der Waals surface area (Å²) >= 11 is 0. The third-order valence-electron chi connectivity index (χ3n) is 2.49. The molecule has 1 saturated carbocycles. The normalized spacial score (nSPS) is 15.9. The fraction of sp³-hybridized carbons (Fsp3) is 0.818. The van der Waals surface area contributed by atoms with Crippen LogP contribution in [0, 0.1) is 0 Å². The van der Waals surface area contributed by atoms with Gasteiger partial charge in [0.05, 0.1) is 5.71 Å². The Morgan fingerprint density at radius 1 is 1.40 bits per heavy atom. The Labute approximate surface area is 91.1 Å². The highest BCUT2D eigenvalue weighted by atomic mass is 16.7. The average Bonchev–Trinajstić information content (AvgIpc) is 2.28. The first kappa shape index (κ1) is 12.0. The molecule has 4 heteroatoms. The van der Waals surface area contributed by atoms with Gasteiger partial charge in [0.25, 0.3) is 0 Å². The molecule has 1 aliphatic carbocycles. The third-order valence-corrected chi connectivity index (χ3v) is 2.49. The van der Waals surface area contributed by atoms with E-state index in [1.165, 1.54) is 19.3 Å². The van der Waals surface area contributed by atoms with E-state index in [4.69, 9.17) is 4.84 Å². The van der Waals surface area contributed by atoms with Gasteiger partial charge < -0.3 is 5.32 Å². The number of carbonyl (C=O) groups excluding carboxylic acids is 1. The zero-order valence-electron chi connectivity index (χ0n) is 9.42. The molecule has 0 saturated heterocycles. The summed E-state index contributed by atoms with van der Waals surface area (Å²) in [6, 6.07) is 0. The smallest absolute Gasteiger partial charge is 0.320 e. The minimum absolute atomic E-state index is 0.429. The summed E-state index contributed by atoms with van der Waals surface area (Å²) in [5, 5.41) is 6.52. The van der Waals surface area contributed by atoms with E-state index in [1.54, 1.807) is 0 Å². The van der Waals surface area contributed by atoms with E-state index in [9.17, 15) is 4.79 Å². The van der Waals surface area contributed by atoms with E-state index in [0.29, 0.717) is 6.54 Å². The Hall–Kier alpha value is -1.06. The maximum atomic E-state index is 11.1. The lowest BCUT2D eigenvalue weighted by atomic mass is 9.99. The van der Waals surface area contributed by atoms with Gasteiger partial charge in [-0.05, 0) is 32.1 Å². The fourth-order valence-electron chi connectivity index (χ4n) is 1.56. The Bertz CT molecular complexity index is 219. The molecule has 4 nitrogen and oxygen atoms in total. The second-order valence-electron chi connectivity index (χ2n) is 3.88. The number of rotatable bonds is 4. The number of amides is 1. The third kappa shape index (κ3) is 5.40. The van der Waals surface area contributed by atoms with Crippen molar-refractivity contribution in [3.63, 3.8) is 0 Å². The van der Waals surface area contributed by atoms with Crippen molar-refractivity contribution < 1.29 is 9.63 Å². The first-order chi connectivity index (χ1) is 7.33. The summed E-state index contributed by atoms with van der Waals surface area (Å²) in [5.41, 5.74) is 1.02. The molecule has 1 N–H and O–H groups in total. The maximum absolute atomic E-state index is 11.1. The fourth-order valence-corrected chi connectivity index (χ4v) is 1.56. The lowest BCUT2D eigenvalue weighted by molar-refractivity contribution is 0.149. The first-order valence-electron chi connectivity index (χ1n) is 5.83. The van der Waals surface area contributed by atoms with Crippen LogP contribution in [-0.4, -0.2) is 18.3 Å². The number of nitrogens with zero attached hydrogens (tertiary/aromatic N) is 1. The van der Waals surface area contributed by atoms with Crippen molar-refractivity contribution >= 4 is 11.8 Å². The number of oxime groups is 1. The van der Waals surface area contributed by atoms with Gasteiger partial charge in [-0.3, -0.25) is 4.84 Å². The second kappa shape index (κ2) is 7.26. The van der Waals surface area contributed by atoms with Crippen LogP contribution >= 0.6 is 0 Å². The molecule has 1 aliphatic rings. The molecule has 86 valence electrons. The minimum Gasteiger partial charge on any atom is -0.320 e. The SMILES string of the molecule is CCCCNC(=O)ON=C1CCCCC1. The van der Waals surface area contributed by atoms with Crippen molar-refractivity contribution in [2.45, 2.75) is 51.9 Å². The summed E-state index contributed by atoms with van der Waals surface area (Å²) in [5.74, 6) is 0. The van der Waals surface area contributed by atoms with Gasteiger partial charge in [-0.1, -0.05) is 24.9 Å². The molecule has 0 bridgehead atoms. The van der Waals surface area contributed by atoms with Crippen LogP contribution < -0.4 is 5.32 Å². The van der Waals surface area contributed by atoms with Crippen molar-refractivity contribution in [1.29, 1.82) is 0 Å². The number of unbranched alkanes of at least 4 members (excludes halogenated alkanes) is 1. The van der Waals surface area contributed by atoms with E-state index in [0.717, 1.165) is 31.4 Å². The molecule has 0 radical (unpaired) electrons. The lowest BCUT2D eigenvalue weighted by Gasteiger charge is -2.11. The summed E-state index contributed by atoms with van der Waals surface area (Å²) < 4.78 is 0. The molecular weight excluding hydrogens is 192 g/mol. The molecule has 1 rings (SSSR count). The van der Waals surface area contributed by atoms with Crippen LogP contribution in [0.3, 0.4) is 0 Å². The second-order valence-corrected chi connectivity index (χ2v) is 3.88. The molecule has 15 heavy (non-hydrogen) atoms. The van der Waals surface area contributed by atoms with Crippen LogP contribution in [-0.2, 0) is 4.84 Å². The number of carbonyl (C=O) groups is 1. The standard InChI is InChI=1S/C11H20N2O2/c1-2-3-9-12-11(14)15-13-10-7-5-4-6-8-10/h2-9H2,1H3,(H,12,14). The predicted octanol–water partition coefficient (Wildman–Crippen LogP) is 2.83. The Kier molecular flexibility index (Phi) is 5.81. The van der Waals surface area contributed by atoms with Crippen molar-refractivity contribution in [3.8, 4) is 0 Å². The van der Waals surface area contributed by atoms with E-state index < -0.39 is 6.09 Å². The zero-order valence-corrected chi connectivity index (χ0v) is 9.42. The summed E-state index contributed by atoms with van der Waals surface area (Å²) in [4.78, 5) is 15.9. The van der Waals surface area contributed by atoms with Gasteiger partial charge >= 0.3 is 6.09 Å². The molecule has 0 aromatic rings. The Morgan fingerprint density at radius 2 is 2.13 bits per heavy atom. The molecule has 1 fully saturated rings. The van der Waals surface area contributed by atoms with Crippen molar-refractivity contribution in [2.75, 3.05) is 6.54 Å². The molecule has 0 spiro atoms. The largest absolute Gasteiger partial charge is 0.433 e. The maximum Gasteiger partial charge on any atom is 0.433 e. The quantitative estimate of drug-likeness (QED) is 0.442. The highest BCUT2D eigenvalue weighted by Crippen LogP contribution is 2.14. The Balaban J connectivity index is 2.14. The molecule has 1 amide bonds. The molecule has 0 aromatic heterocycles.